The Bertz CT molecular complexity index is 657. The van der Waals surface area contributed by atoms with E-state index < -0.39 is 29.9 Å². The van der Waals surface area contributed by atoms with Crippen LogP contribution >= 0.6 is 0 Å². The van der Waals surface area contributed by atoms with Gasteiger partial charge in [-0.1, -0.05) is 43.0 Å². The molecular weight excluding hydrogens is 328 g/mol. The van der Waals surface area contributed by atoms with E-state index in [9.17, 15) is 19.2 Å². The highest BCUT2D eigenvalue weighted by Gasteiger charge is 2.35. The number of rotatable bonds is 7. The molecule has 0 bridgehead atoms. The number of ether oxygens (including phenoxy) is 1. The summed E-state index contributed by atoms with van der Waals surface area (Å²) in [6.45, 7) is 3.40. The van der Waals surface area contributed by atoms with Gasteiger partial charge in [0.15, 0.2) is 0 Å². The van der Waals surface area contributed by atoms with Crippen LogP contribution in [0.5, 0.6) is 0 Å². The summed E-state index contributed by atoms with van der Waals surface area (Å²) in [7, 11) is 0. The molecule has 132 valence electrons. The number of hydroxylamine groups is 2. The van der Waals surface area contributed by atoms with Gasteiger partial charge in [-0.15, -0.1) is 5.06 Å². The molecule has 1 aliphatic heterocycles. The monoisotopic (exact) mass is 346 g/mol. The lowest BCUT2D eigenvalue weighted by Crippen LogP contribution is -2.46. The Labute approximate surface area is 144 Å². The fourth-order valence-corrected chi connectivity index (χ4v) is 2.17. The highest BCUT2D eigenvalue weighted by molar-refractivity contribution is 6.01. The first-order valence-electron chi connectivity index (χ1n) is 7.67. The van der Waals surface area contributed by atoms with E-state index >= 15 is 0 Å². The number of nitrogens with one attached hydrogen (secondary N) is 1. The second kappa shape index (κ2) is 8.62. The van der Waals surface area contributed by atoms with Crippen molar-refractivity contribution < 1.29 is 28.8 Å². The predicted octanol–water partition coefficient (Wildman–Crippen LogP) is 1.12. The van der Waals surface area contributed by atoms with E-state index in [-0.39, 0.29) is 25.9 Å². The van der Waals surface area contributed by atoms with Crippen LogP contribution in [0, 0.1) is 0 Å². The number of amides is 3. The summed E-state index contributed by atoms with van der Waals surface area (Å²) in [4.78, 5) is 52.1. The minimum atomic E-state index is -1.12. The van der Waals surface area contributed by atoms with Gasteiger partial charge in [0, 0.05) is 19.3 Å². The molecule has 1 saturated heterocycles. The van der Waals surface area contributed by atoms with Crippen LogP contribution in [0.15, 0.2) is 43.0 Å². The number of carbonyl (C=O) groups excluding carboxylic acids is 4. The van der Waals surface area contributed by atoms with E-state index in [1.54, 1.807) is 24.3 Å². The Kier molecular flexibility index (Phi) is 6.27. The molecule has 0 aromatic heterocycles. The number of hydrogen-bond donors (Lipinski definition) is 1. The van der Waals surface area contributed by atoms with Gasteiger partial charge in [0.1, 0.15) is 12.6 Å². The zero-order chi connectivity index (χ0) is 18.2. The maximum Gasteiger partial charge on any atom is 0.408 e. The van der Waals surface area contributed by atoms with Gasteiger partial charge < -0.3 is 14.9 Å². The number of alkyl carbamates (subject to hydrolysis) is 1. The summed E-state index contributed by atoms with van der Waals surface area (Å²) >= 11 is 0. The van der Waals surface area contributed by atoms with Crippen molar-refractivity contribution in [3.63, 3.8) is 0 Å². The van der Waals surface area contributed by atoms with Crippen LogP contribution in [0.1, 0.15) is 18.4 Å². The normalized spacial score (nSPS) is 14.8. The summed E-state index contributed by atoms with van der Waals surface area (Å²) in [5.74, 6) is -2.11. The number of hydrogen-bond acceptors (Lipinski definition) is 6. The highest BCUT2D eigenvalue weighted by atomic mass is 16.7. The molecule has 1 fully saturated rings. The quantitative estimate of drug-likeness (QED) is 0.586. The van der Waals surface area contributed by atoms with Gasteiger partial charge in [-0.3, -0.25) is 9.59 Å². The van der Waals surface area contributed by atoms with Gasteiger partial charge in [-0.2, -0.15) is 0 Å². The first kappa shape index (κ1) is 18.2. The summed E-state index contributed by atoms with van der Waals surface area (Å²) in [5, 5.41) is 2.81. The van der Waals surface area contributed by atoms with E-state index in [2.05, 4.69) is 11.9 Å². The molecule has 0 saturated carbocycles. The van der Waals surface area contributed by atoms with Crippen molar-refractivity contribution in [2.45, 2.75) is 25.3 Å². The summed E-state index contributed by atoms with van der Waals surface area (Å²) in [5.41, 5.74) is 0.757. The Morgan fingerprint density at radius 2 is 1.84 bits per heavy atom. The molecule has 0 unspecified atom stereocenters. The first-order chi connectivity index (χ1) is 12.0. The molecule has 0 spiro atoms. The van der Waals surface area contributed by atoms with Gasteiger partial charge >= 0.3 is 12.1 Å². The van der Waals surface area contributed by atoms with Gasteiger partial charge in [0.05, 0.1) is 0 Å². The van der Waals surface area contributed by atoms with Crippen LogP contribution in [0.3, 0.4) is 0 Å². The van der Waals surface area contributed by atoms with Gasteiger partial charge in [-0.05, 0) is 5.56 Å². The van der Waals surface area contributed by atoms with E-state index in [1.807, 2.05) is 6.07 Å². The average molecular weight is 346 g/mol. The standard InChI is InChI=1S/C17H18N2O6/c1-2-10-24-17(23)18-13(11-12-6-4-3-5-7-12)16(22)25-19-14(20)8-9-15(19)21/h2-7,13H,1,8-11H2,(H,18,23)/t13-/m0/s1. The van der Waals surface area contributed by atoms with Crippen LogP contribution < -0.4 is 5.32 Å². The van der Waals surface area contributed by atoms with Crippen molar-refractivity contribution in [2.24, 2.45) is 0 Å². The zero-order valence-corrected chi connectivity index (χ0v) is 13.5. The minimum Gasteiger partial charge on any atom is -0.445 e. The lowest BCUT2D eigenvalue weighted by Gasteiger charge is -2.20. The Morgan fingerprint density at radius 3 is 2.44 bits per heavy atom. The van der Waals surface area contributed by atoms with Crippen LogP contribution in [-0.4, -0.2) is 41.6 Å². The topological polar surface area (TPSA) is 102 Å². The predicted molar refractivity (Wildman–Crippen MR) is 85.8 cm³/mol. The number of benzene rings is 1. The lowest BCUT2D eigenvalue weighted by molar-refractivity contribution is -0.198. The SMILES string of the molecule is C=CCOC(=O)N[C@@H](Cc1ccccc1)C(=O)ON1C(=O)CCC1=O. The van der Waals surface area contributed by atoms with Crippen LogP contribution in [0.2, 0.25) is 0 Å². The third-order valence-electron chi connectivity index (χ3n) is 3.38. The van der Waals surface area contributed by atoms with Crippen molar-refractivity contribution in [3.05, 3.63) is 48.6 Å². The fraction of sp³-hybridized carbons (Fsp3) is 0.294. The number of nitrogens with zero attached hydrogens (tertiary/aromatic N) is 1. The second-order valence-corrected chi connectivity index (χ2v) is 5.27. The molecule has 1 aromatic rings. The maximum absolute atomic E-state index is 12.3. The third kappa shape index (κ3) is 5.17. The molecule has 2 rings (SSSR count). The average Bonchev–Trinajstić information content (AvgIpc) is 2.92. The second-order valence-electron chi connectivity index (χ2n) is 5.27. The maximum atomic E-state index is 12.3. The molecule has 8 heteroatoms. The number of carbonyl (C=O) groups is 4. The molecule has 1 aromatic carbocycles. The summed E-state index contributed by atoms with van der Waals surface area (Å²) < 4.78 is 4.80. The molecule has 1 heterocycles. The van der Waals surface area contributed by atoms with Crippen molar-refractivity contribution in [1.29, 1.82) is 0 Å². The summed E-state index contributed by atoms with van der Waals surface area (Å²) in [6.07, 6.45) is 0.635. The molecular formula is C17H18N2O6. The Balaban J connectivity index is 2.07. The van der Waals surface area contributed by atoms with Crippen LogP contribution in [0.4, 0.5) is 4.79 Å². The fourth-order valence-electron chi connectivity index (χ4n) is 2.17. The highest BCUT2D eigenvalue weighted by Crippen LogP contribution is 2.14. The van der Waals surface area contributed by atoms with E-state index in [0.717, 1.165) is 5.56 Å². The van der Waals surface area contributed by atoms with Crippen LogP contribution in [-0.2, 0) is 30.4 Å². The van der Waals surface area contributed by atoms with E-state index in [1.165, 1.54) is 6.08 Å². The Hall–Kier alpha value is -3.16. The van der Waals surface area contributed by atoms with Crippen molar-refractivity contribution in [2.75, 3.05) is 6.61 Å². The summed E-state index contributed by atoms with van der Waals surface area (Å²) in [6, 6.07) is 7.78. The molecule has 1 N–H and O–H groups in total. The first-order valence-corrected chi connectivity index (χ1v) is 7.67. The molecule has 25 heavy (non-hydrogen) atoms. The van der Waals surface area contributed by atoms with Gasteiger partial charge in [0.25, 0.3) is 11.8 Å². The van der Waals surface area contributed by atoms with Gasteiger partial charge in [0.2, 0.25) is 0 Å². The van der Waals surface area contributed by atoms with E-state index in [4.69, 9.17) is 9.57 Å². The largest absolute Gasteiger partial charge is 0.445 e. The molecule has 1 atom stereocenters. The minimum absolute atomic E-state index is 0.00965. The number of imide groups is 1. The molecule has 8 nitrogen and oxygen atoms in total. The van der Waals surface area contributed by atoms with E-state index in [0.29, 0.717) is 5.06 Å². The zero-order valence-electron chi connectivity index (χ0n) is 13.5. The van der Waals surface area contributed by atoms with Gasteiger partial charge in [-0.25, -0.2) is 9.59 Å². The van der Waals surface area contributed by atoms with Crippen LogP contribution in [0.25, 0.3) is 0 Å². The van der Waals surface area contributed by atoms with Crippen molar-refractivity contribution in [3.8, 4) is 0 Å². The Morgan fingerprint density at radius 1 is 1.20 bits per heavy atom. The molecule has 1 aliphatic rings. The third-order valence-corrected chi connectivity index (χ3v) is 3.38. The molecule has 3 amide bonds. The smallest absolute Gasteiger partial charge is 0.408 e. The lowest BCUT2D eigenvalue weighted by atomic mass is 10.1. The van der Waals surface area contributed by atoms with Crippen molar-refractivity contribution in [1.82, 2.24) is 10.4 Å². The van der Waals surface area contributed by atoms with Crippen molar-refractivity contribution >= 4 is 23.9 Å². The molecule has 0 radical (unpaired) electrons. The molecule has 0 aliphatic carbocycles.